The molecule has 0 aromatic heterocycles. The summed E-state index contributed by atoms with van der Waals surface area (Å²) in [6.07, 6.45) is 0.786. The molecule has 0 heterocycles. The van der Waals surface area contributed by atoms with Gasteiger partial charge in [0.25, 0.3) is 0 Å². The van der Waals surface area contributed by atoms with E-state index in [0.717, 1.165) is 5.56 Å². The molecule has 9 nitrogen and oxygen atoms in total. The molecule has 1 aromatic rings. The highest BCUT2D eigenvalue weighted by Gasteiger charge is 2.32. The Morgan fingerprint density at radius 1 is 0.935 bits per heavy atom. The van der Waals surface area contributed by atoms with Crippen LogP contribution >= 0.6 is 0 Å². The van der Waals surface area contributed by atoms with Crippen LogP contribution in [0.1, 0.15) is 39.7 Å². The number of rotatable bonds is 12. The van der Waals surface area contributed by atoms with Crippen LogP contribution in [0.2, 0.25) is 0 Å². The number of hydrogen-bond donors (Lipinski definition) is 5. The molecule has 6 N–H and O–H groups in total. The van der Waals surface area contributed by atoms with Gasteiger partial charge in [-0.05, 0) is 17.4 Å². The van der Waals surface area contributed by atoms with E-state index >= 15 is 0 Å². The molecule has 0 saturated heterocycles. The highest BCUT2D eigenvalue weighted by Crippen LogP contribution is 2.11. The van der Waals surface area contributed by atoms with Gasteiger partial charge >= 0.3 is 5.97 Å². The summed E-state index contributed by atoms with van der Waals surface area (Å²) in [6, 6.07) is 6.09. The van der Waals surface area contributed by atoms with Crippen molar-refractivity contribution >= 4 is 23.7 Å². The number of nitrogens with two attached hydrogens (primary N) is 1. The predicted molar refractivity (Wildman–Crippen MR) is 117 cm³/mol. The van der Waals surface area contributed by atoms with E-state index in [0.29, 0.717) is 6.42 Å². The molecular weight excluding hydrogens is 400 g/mol. The number of nitrogens with one attached hydrogen (secondary N) is 3. The lowest BCUT2D eigenvalue weighted by atomic mass is 9.97. The number of hydrogen-bond acceptors (Lipinski definition) is 5. The smallest absolute Gasteiger partial charge is 0.326 e. The molecule has 4 atom stereocenters. The summed E-state index contributed by atoms with van der Waals surface area (Å²) in [7, 11) is 0. The Balaban J connectivity index is 3.11. The first-order valence-corrected chi connectivity index (χ1v) is 10.5. The summed E-state index contributed by atoms with van der Waals surface area (Å²) in [5.74, 6) is -3.30. The van der Waals surface area contributed by atoms with Crippen molar-refractivity contribution in [2.75, 3.05) is 6.54 Å². The highest BCUT2D eigenvalue weighted by atomic mass is 16.4. The molecule has 0 bridgehead atoms. The fourth-order valence-electron chi connectivity index (χ4n) is 3.02. The Hall–Kier alpha value is -2.94. The van der Waals surface area contributed by atoms with Gasteiger partial charge in [0.1, 0.15) is 18.1 Å². The number of carbonyl (C=O) groups excluding carboxylic acids is 3. The van der Waals surface area contributed by atoms with Crippen molar-refractivity contribution in [2.24, 2.45) is 17.6 Å². The van der Waals surface area contributed by atoms with Gasteiger partial charge in [0.05, 0.1) is 6.54 Å². The summed E-state index contributed by atoms with van der Waals surface area (Å²) in [6.45, 7) is 6.81. The Bertz CT molecular complexity index is 754. The second-order valence-electron chi connectivity index (χ2n) is 7.95. The third-order valence-corrected chi connectivity index (χ3v) is 5.14. The van der Waals surface area contributed by atoms with Crippen molar-refractivity contribution in [3.63, 3.8) is 0 Å². The van der Waals surface area contributed by atoms with Gasteiger partial charge in [-0.25, -0.2) is 4.79 Å². The van der Waals surface area contributed by atoms with Crippen molar-refractivity contribution in [1.82, 2.24) is 16.0 Å². The lowest BCUT2D eigenvalue weighted by Crippen LogP contribution is -2.58. The summed E-state index contributed by atoms with van der Waals surface area (Å²) in [5.41, 5.74) is 6.16. The van der Waals surface area contributed by atoms with Crippen molar-refractivity contribution in [3.8, 4) is 0 Å². The molecule has 0 aliphatic heterocycles. The monoisotopic (exact) mass is 434 g/mol. The van der Waals surface area contributed by atoms with Crippen molar-refractivity contribution < 1.29 is 24.3 Å². The molecule has 0 aliphatic rings. The van der Waals surface area contributed by atoms with Crippen LogP contribution in [0.4, 0.5) is 0 Å². The Kier molecular flexibility index (Phi) is 10.7. The average molecular weight is 435 g/mol. The zero-order valence-electron chi connectivity index (χ0n) is 18.6. The van der Waals surface area contributed by atoms with Crippen molar-refractivity contribution in [2.45, 2.75) is 58.7 Å². The van der Waals surface area contributed by atoms with Gasteiger partial charge in [-0.1, -0.05) is 64.4 Å². The SMILES string of the molecule is CCC(C)C(NC(=O)CN)C(=O)NC(Cc1ccccc1)C(=O)NC(C(=O)O)C(C)C. The average Bonchev–Trinajstić information content (AvgIpc) is 2.74. The zero-order valence-corrected chi connectivity index (χ0v) is 18.6. The molecule has 1 aromatic carbocycles. The van der Waals surface area contributed by atoms with E-state index in [1.165, 1.54) is 0 Å². The highest BCUT2D eigenvalue weighted by molar-refractivity contribution is 5.93. The number of carbonyl (C=O) groups is 4. The van der Waals surface area contributed by atoms with Crippen LogP contribution < -0.4 is 21.7 Å². The molecule has 0 spiro atoms. The van der Waals surface area contributed by atoms with Gasteiger partial charge in [-0.15, -0.1) is 0 Å². The maximum atomic E-state index is 13.0. The molecule has 9 heteroatoms. The van der Waals surface area contributed by atoms with Crippen LogP contribution in [0.5, 0.6) is 0 Å². The first kappa shape index (κ1) is 26.1. The van der Waals surface area contributed by atoms with Gasteiger partial charge < -0.3 is 26.8 Å². The number of carboxylic acids is 1. The molecular formula is C22H34N4O5. The Morgan fingerprint density at radius 3 is 2.03 bits per heavy atom. The minimum absolute atomic E-state index is 0.168. The van der Waals surface area contributed by atoms with E-state index in [9.17, 15) is 24.3 Å². The second kappa shape index (κ2) is 12.7. The normalized spacial score (nSPS) is 14.8. The van der Waals surface area contributed by atoms with Gasteiger partial charge in [-0.3, -0.25) is 14.4 Å². The lowest BCUT2D eigenvalue weighted by Gasteiger charge is -2.27. The van der Waals surface area contributed by atoms with Crippen LogP contribution in [0.15, 0.2) is 30.3 Å². The Morgan fingerprint density at radius 2 is 1.55 bits per heavy atom. The van der Waals surface area contributed by atoms with Crippen LogP contribution in [0.25, 0.3) is 0 Å². The van der Waals surface area contributed by atoms with E-state index in [1.807, 2.05) is 44.2 Å². The fourth-order valence-corrected chi connectivity index (χ4v) is 3.02. The third kappa shape index (κ3) is 8.37. The van der Waals surface area contributed by atoms with Gasteiger partial charge in [0, 0.05) is 6.42 Å². The molecule has 0 fully saturated rings. The second-order valence-corrected chi connectivity index (χ2v) is 7.95. The van der Waals surface area contributed by atoms with E-state index in [1.54, 1.807) is 13.8 Å². The molecule has 1 rings (SSSR count). The van der Waals surface area contributed by atoms with Crippen molar-refractivity contribution in [3.05, 3.63) is 35.9 Å². The summed E-state index contributed by atoms with van der Waals surface area (Å²) >= 11 is 0. The van der Waals surface area contributed by atoms with Crippen LogP contribution in [-0.2, 0) is 25.6 Å². The number of carboxylic acid groups (broad SMARTS) is 1. The Labute approximate surface area is 183 Å². The van der Waals surface area contributed by atoms with Gasteiger partial charge in [0.2, 0.25) is 17.7 Å². The number of amides is 3. The summed E-state index contributed by atoms with van der Waals surface area (Å²) in [4.78, 5) is 49.2. The third-order valence-electron chi connectivity index (χ3n) is 5.14. The molecule has 3 amide bonds. The van der Waals surface area contributed by atoms with E-state index < -0.39 is 41.8 Å². The molecule has 0 radical (unpaired) electrons. The summed E-state index contributed by atoms with van der Waals surface area (Å²) in [5, 5.41) is 17.2. The molecule has 4 unspecified atom stereocenters. The number of aliphatic carboxylic acids is 1. The topological polar surface area (TPSA) is 151 Å². The van der Waals surface area contributed by atoms with Gasteiger partial charge in [-0.2, -0.15) is 0 Å². The maximum absolute atomic E-state index is 13.0. The minimum atomic E-state index is -1.15. The fraction of sp³-hybridized carbons (Fsp3) is 0.545. The predicted octanol–water partition coefficient (Wildman–Crippen LogP) is 0.429. The maximum Gasteiger partial charge on any atom is 0.326 e. The minimum Gasteiger partial charge on any atom is -0.480 e. The lowest BCUT2D eigenvalue weighted by molar-refractivity contribution is -0.143. The first-order valence-electron chi connectivity index (χ1n) is 10.5. The zero-order chi connectivity index (χ0) is 23.6. The summed E-state index contributed by atoms with van der Waals surface area (Å²) < 4.78 is 0. The van der Waals surface area contributed by atoms with E-state index in [4.69, 9.17) is 5.73 Å². The first-order chi connectivity index (χ1) is 14.6. The molecule has 31 heavy (non-hydrogen) atoms. The van der Waals surface area contributed by atoms with E-state index in [-0.39, 0.29) is 24.8 Å². The molecule has 172 valence electrons. The molecule has 0 saturated carbocycles. The van der Waals surface area contributed by atoms with Crippen molar-refractivity contribution in [1.29, 1.82) is 0 Å². The quantitative estimate of drug-likeness (QED) is 0.322. The number of benzene rings is 1. The van der Waals surface area contributed by atoms with Crippen LogP contribution in [0, 0.1) is 11.8 Å². The standard InChI is InChI=1S/C22H34N4O5/c1-5-14(4)19(25-17(27)12-23)21(29)24-16(11-15-9-7-6-8-10-15)20(28)26-18(13(2)3)22(30)31/h6-10,13-14,16,18-19H,5,11-12,23H2,1-4H3,(H,24,29)(H,25,27)(H,26,28)(H,30,31). The largest absolute Gasteiger partial charge is 0.480 e. The molecule has 0 aliphatic carbocycles. The van der Waals surface area contributed by atoms with Crippen LogP contribution in [0.3, 0.4) is 0 Å². The van der Waals surface area contributed by atoms with Gasteiger partial charge in [0.15, 0.2) is 0 Å². The van der Waals surface area contributed by atoms with Crippen LogP contribution in [-0.4, -0.2) is 53.5 Å². The van der Waals surface area contributed by atoms with E-state index in [2.05, 4.69) is 16.0 Å².